The van der Waals surface area contributed by atoms with E-state index in [9.17, 15) is 9.90 Å². The number of rotatable bonds is 1. The maximum atomic E-state index is 11.2. The molecule has 0 saturated heterocycles. The Kier molecular flexibility index (Phi) is 2.38. The van der Waals surface area contributed by atoms with Gasteiger partial charge in [-0.25, -0.2) is 0 Å². The molecule has 0 heterocycles. The van der Waals surface area contributed by atoms with Crippen LogP contribution in [0.5, 0.6) is 0 Å². The van der Waals surface area contributed by atoms with E-state index >= 15 is 0 Å². The highest BCUT2D eigenvalue weighted by Gasteiger charge is 2.29. The van der Waals surface area contributed by atoms with E-state index in [0.29, 0.717) is 24.0 Å². The second kappa shape index (κ2) is 3.52. The summed E-state index contributed by atoms with van der Waals surface area (Å²) in [6.07, 6.45) is 7.91. The highest BCUT2D eigenvalue weighted by atomic mass is 16.3. The fraction of sp³-hybridized carbons (Fsp3) is 0.727. The third kappa shape index (κ3) is 1.93. The van der Waals surface area contributed by atoms with Crippen molar-refractivity contribution in [3.63, 3.8) is 0 Å². The normalized spacial score (nSPS) is 30.6. The molecule has 0 aliphatic heterocycles. The molecule has 1 N–H and O–H groups in total. The number of allylic oxidation sites excluding steroid dienone is 2. The molecule has 2 rings (SSSR count). The van der Waals surface area contributed by atoms with Gasteiger partial charge in [-0.05, 0) is 11.8 Å². The number of carbonyl (C=O) groups is 1. The Bertz CT molecular complexity index is 236. The van der Waals surface area contributed by atoms with Gasteiger partial charge in [-0.15, -0.1) is 0 Å². The fourth-order valence-corrected chi connectivity index (χ4v) is 2.67. The second-order valence-corrected chi connectivity index (χ2v) is 4.31. The van der Waals surface area contributed by atoms with Crippen LogP contribution >= 0.6 is 0 Å². The molecule has 0 aromatic heterocycles. The summed E-state index contributed by atoms with van der Waals surface area (Å²) in [6, 6.07) is 0. The summed E-state index contributed by atoms with van der Waals surface area (Å²) in [6.45, 7) is 0. The molecule has 0 radical (unpaired) electrons. The van der Waals surface area contributed by atoms with Gasteiger partial charge in [0.15, 0.2) is 5.78 Å². The van der Waals surface area contributed by atoms with Crippen molar-refractivity contribution in [2.24, 2.45) is 11.8 Å². The summed E-state index contributed by atoms with van der Waals surface area (Å²) in [7, 11) is 0. The minimum Gasteiger partial charge on any atom is -0.512 e. The standard InChI is InChI=1S/C11H16O2/c12-10-5-9(6-11(13)7-10)8-3-1-2-4-8/h7-9,12H,1-6H2. The van der Waals surface area contributed by atoms with E-state index in [0.717, 1.165) is 6.42 Å². The summed E-state index contributed by atoms with van der Waals surface area (Å²) in [4.78, 5) is 11.2. The molecule has 1 fully saturated rings. The number of ketones is 1. The molecule has 72 valence electrons. The van der Waals surface area contributed by atoms with Gasteiger partial charge >= 0.3 is 0 Å². The molecule has 1 unspecified atom stereocenters. The lowest BCUT2D eigenvalue weighted by Gasteiger charge is -2.24. The molecule has 0 amide bonds. The number of carbonyl (C=O) groups excluding carboxylic acids is 1. The number of hydrogen-bond donors (Lipinski definition) is 1. The summed E-state index contributed by atoms with van der Waals surface area (Å²) in [5, 5.41) is 9.35. The van der Waals surface area contributed by atoms with Crippen molar-refractivity contribution in [1.29, 1.82) is 0 Å². The van der Waals surface area contributed by atoms with Gasteiger partial charge in [0.05, 0.1) is 5.76 Å². The Labute approximate surface area is 78.6 Å². The third-order valence-corrected chi connectivity index (χ3v) is 3.33. The summed E-state index contributed by atoms with van der Waals surface area (Å²) < 4.78 is 0. The van der Waals surface area contributed by atoms with Crippen molar-refractivity contribution >= 4 is 5.78 Å². The van der Waals surface area contributed by atoms with E-state index in [4.69, 9.17) is 0 Å². The van der Waals surface area contributed by atoms with E-state index in [2.05, 4.69) is 0 Å². The van der Waals surface area contributed by atoms with Crippen LogP contribution in [-0.2, 0) is 4.79 Å². The maximum absolute atomic E-state index is 11.2. The average Bonchev–Trinajstić information content (AvgIpc) is 2.53. The average molecular weight is 180 g/mol. The minimum atomic E-state index is 0.112. The Morgan fingerprint density at radius 1 is 1.15 bits per heavy atom. The van der Waals surface area contributed by atoms with E-state index in [-0.39, 0.29) is 5.78 Å². The molecule has 2 aliphatic rings. The molecule has 2 heteroatoms. The molecule has 1 saturated carbocycles. The van der Waals surface area contributed by atoms with Crippen molar-refractivity contribution in [2.75, 3.05) is 0 Å². The summed E-state index contributed by atoms with van der Waals surface area (Å²) >= 11 is 0. The Hall–Kier alpha value is -0.790. The van der Waals surface area contributed by atoms with Gasteiger partial charge in [-0.1, -0.05) is 25.7 Å². The summed E-state index contributed by atoms with van der Waals surface area (Å²) in [5.74, 6) is 1.54. The largest absolute Gasteiger partial charge is 0.512 e. The smallest absolute Gasteiger partial charge is 0.159 e. The van der Waals surface area contributed by atoms with Gasteiger partial charge in [0.1, 0.15) is 0 Å². The molecule has 0 aromatic carbocycles. The highest BCUT2D eigenvalue weighted by molar-refractivity contribution is 5.91. The molecule has 2 aliphatic carbocycles. The molecular weight excluding hydrogens is 164 g/mol. The van der Waals surface area contributed by atoms with Crippen LogP contribution in [0, 0.1) is 11.8 Å². The molecule has 1 atom stereocenters. The SMILES string of the molecule is O=C1C=C(O)CC(C2CCCC2)C1. The second-order valence-electron chi connectivity index (χ2n) is 4.31. The van der Waals surface area contributed by atoms with Gasteiger partial charge in [-0.3, -0.25) is 4.79 Å². The first-order valence-corrected chi connectivity index (χ1v) is 5.18. The summed E-state index contributed by atoms with van der Waals surface area (Å²) in [5.41, 5.74) is 0. The molecule has 0 aromatic rings. The quantitative estimate of drug-likeness (QED) is 0.673. The van der Waals surface area contributed by atoms with Gasteiger partial charge in [0.25, 0.3) is 0 Å². The number of hydrogen-bond acceptors (Lipinski definition) is 2. The topological polar surface area (TPSA) is 37.3 Å². The zero-order valence-corrected chi connectivity index (χ0v) is 7.83. The van der Waals surface area contributed by atoms with E-state index < -0.39 is 0 Å². The lowest BCUT2D eigenvalue weighted by molar-refractivity contribution is -0.116. The molecule has 13 heavy (non-hydrogen) atoms. The van der Waals surface area contributed by atoms with E-state index in [1.165, 1.54) is 31.8 Å². The van der Waals surface area contributed by atoms with Crippen molar-refractivity contribution in [1.82, 2.24) is 0 Å². The third-order valence-electron chi connectivity index (χ3n) is 3.33. The van der Waals surface area contributed by atoms with Crippen molar-refractivity contribution in [3.8, 4) is 0 Å². The van der Waals surface area contributed by atoms with Gasteiger partial charge in [0.2, 0.25) is 0 Å². The first-order chi connectivity index (χ1) is 6.25. The van der Waals surface area contributed by atoms with Crippen LogP contribution in [0.25, 0.3) is 0 Å². The van der Waals surface area contributed by atoms with Crippen LogP contribution in [-0.4, -0.2) is 10.9 Å². The van der Waals surface area contributed by atoms with Crippen molar-refractivity contribution in [2.45, 2.75) is 38.5 Å². The van der Waals surface area contributed by atoms with Gasteiger partial charge in [-0.2, -0.15) is 0 Å². The molecular formula is C11H16O2. The lowest BCUT2D eigenvalue weighted by atomic mass is 9.81. The van der Waals surface area contributed by atoms with Gasteiger partial charge < -0.3 is 5.11 Å². The fourth-order valence-electron chi connectivity index (χ4n) is 2.67. The van der Waals surface area contributed by atoms with Crippen LogP contribution in [0.1, 0.15) is 38.5 Å². The van der Waals surface area contributed by atoms with Crippen LogP contribution in [0.15, 0.2) is 11.8 Å². The predicted molar refractivity (Wildman–Crippen MR) is 50.4 cm³/mol. The van der Waals surface area contributed by atoms with Crippen LogP contribution in [0.4, 0.5) is 0 Å². The maximum Gasteiger partial charge on any atom is 0.159 e. The Morgan fingerprint density at radius 2 is 1.85 bits per heavy atom. The minimum absolute atomic E-state index is 0.112. The highest BCUT2D eigenvalue weighted by Crippen LogP contribution is 2.37. The molecule has 0 spiro atoms. The lowest BCUT2D eigenvalue weighted by Crippen LogP contribution is -2.20. The zero-order chi connectivity index (χ0) is 9.26. The van der Waals surface area contributed by atoms with Crippen molar-refractivity contribution in [3.05, 3.63) is 11.8 Å². The first-order valence-electron chi connectivity index (χ1n) is 5.18. The van der Waals surface area contributed by atoms with Crippen molar-refractivity contribution < 1.29 is 9.90 Å². The van der Waals surface area contributed by atoms with Crippen LogP contribution < -0.4 is 0 Å². The van der Waals surface area contributed by atoms with E-state index in [1.807, 2.05) is 0 Å². The Morgan fingerprint density at radius 3 is 2.46 bits per heavy atom. The zero-order valence-electron chi connectivity index (χ0n) is 7.83. The van der Waals surface area contributed by atoms with Crippen LogP contribution in [0.3, 0.4) is 0 Å². The van der Waals surface area contributed by atoms with Gasteiger partial charge in [0, 0.05) is 18.9 Å². The number of aliphatic hydroxyl groups is 1. The number of aliphatic hydroxyl groups excluding tert-OH is 1. The Balaban J connectivity index is 2.01. The monoisotopic (exact) mass is 180 g/mol. The predicted octanol–water partition coefficient (Wildman–Crippen LogP) is 2.60. The molecule has 2 nitrogen and oxygen atoms in total. The van der Waals surface area contributed by atoms with Crippen LogP contribution in [0.2, 0.25) is 0 Å². The molecule has 0 bridgehead atoms. The van der Waals surface area contributed by atoms with E-state index in [1.54, 1.807) is 0 Å². The first kappa shape index (κ1) is 8.79.